The second-order valence-electron chi connectivity index (χ2n) is 5.94. The first kappa shape index (κ1) is 11.1. The molecule has 0 radical (unpaired) electrons. The number of rotatable bonds is 2. The summed E-state index contributed by atoms with van der Waals surface area (Å²) in [5.41, 5.74) is 0. The standard InChI is InChI=1S/C14H18ClN3/c15-12-1-4-14(16-5-12)18-8-10-6-17(13-2-3-13)7-11(10)9-18/h1,4-5,10-11,13H,2-3,6-9H2. The Labute approximate surface area is 113 Å². The van der Waals surface area contributed by atoms with Crippen LogP contribution in [0, 0.1) is 11.8 Å². The molecule has 0 bridgehead atoms. The summed E-state index contributed by atoms with van der Waals surface area (Å²) < 4.78 is 0. The summed E-state index contributed by atoms with van der Waals surface area (Å²) in [7, 11) is 0. The molecule has 2 aliphatic heterocycles. The first-order valence-electron chi connectivity index (χ1n) is 6.90. The van der Waals surface area contributed by atoms with E-state index in [2.05, 4.69) is 14.8 Å². The maximum atomic E-state index is 5.89. The molecule has 0 spiro atoms. The van der Waals surface area contributed by atoms with Crippen LogP contribution in [0.25, 0.3) is 0 Å². The average Bonchev–Trinajstić information content (AvgIpc) is 3.02. The number of hydrogen-bond acceptors (Lipinski definition) is 3. The molecule has 2 atom stereocenters. The second-order valence-corrected chi connectivity index (χ2v) is 6.38. The SMILES string of the molecule is Clc1ccc(N2CC3CN(C4CC4)CC3C2)nc1. The Morgan fingerprint density at radius 1 is 1.06 bits per heavy atom. The van der Waals surface area contributed by atoms with Crippen molar-refractivity contribution in [3.8, 4) is 0 Å². The molecule has 1 aromatic rings. The van der Waals surface area contributed by atoms with Gasteiger partial charge in [0, 0.05) is 38.4 Å². The van der Waals surface area contributed by atoms with Gasteiger partial charge in [-0.1, -0.05) is 11.6 Å². The predicted octanol–water partition coefficient (Wildman–Crippen LogP) is 2.27. The van der Waals surface area contributed by atoms with Gasteiger partial charge in [-0.05, 0) is 36.8 Å². The lowest BCUT2D eigenvalue weighted by Gasteiger charge is -2.22. The highest BCUT2D eigenvalue weighted by molar-refractivity contribution is 6.30. The van der Waals surface area contributed by atoms with Crippen LogP contribution in [0.1, 0.15) is 12.8 Å². The van der Waals surface area contributed by atoms with E-state index in [0.29, 0.717) is 0 Å². The van der Waals surface area contributed by atoms with Crippen LogP contribution in [0.3, 0.4) is 0 Å². The Kier molecular flexibility index (Phi) is 2.52. The molecule has 0 aromatic carbocycles. The number of nitrogens with zero attached hydrogens (tertiary/aromatic N) is 3. The molecule has 3 fully saturated rings. The predicted molar refractivity (Wildman–Crippen MR) is 73.0 cm³/mol. The van der Waals surface area contributed by atoms with Crippen molar-refractivity contribution in [1.82, 2.24) is 9.88 Å². The third-order valence-electron chi connectivity index (χ3n) is 4.61. The zero-order valence-electron chi connectivity index (χ0n) is 10.4. The molecule has 2 unspecified atom stereocenters. The first-order valence-corrected chi connectivity index (χ1v) is 7.28. The van der Waals surface area contributed by atoms with Gasteiger partial charge in [0.05, 0.1) is 5.02 Å². The van der Waals surface area contributed by atoms with E-state index in [-0.39, 0.29) is 0 Å². The van der Waals surface area contributed by atoms with E-state index in [9.17, 15) is 0 Å². The maximum Gasteiger partial charge on any atom is 0.128 e. The molecule has 1 saturated carbocycles. The van der Waals surface area contributed by atoms with Gasteiger partial charge < -0.3 is 4.90 Å². The van der Waals surface area contributed by atoms with Crippen LogP contribution < -0.4 is 4.90 Å². The van der Waals surface area contributed by atoms with E-state index in [1.807, 2.05) is 12.1 Å². The summed E-state index contributed by atoms with van der Waals surface area (Å²) in [4.78, 5) is 9.57. The number of pyridine rings is 1. The largest absolute Gasteiger partial charge is 0.356 e. The van der Waals surface area contributed by atoms with Gasteiger partial charge in [-0.25, -0.2) is 4.98 Å². The molecule has 1 aromatic heterocycles. The highest BCUT2D eigenvalue weighted by Gasteiger charge is 2.44. The van der Waals surface area contributed by atoms with Crippen molar-refractivity contribution in [3.05, 3.63) is 23.4 Å². The highest BCUT2D eigenvalue weighted by atomic mass is 35.5. The molecule has 4 heteroatoms. The van der Waals surface area contributed by atoms with Crippen LogP contribution in [0.15, 0.2) is 18.3 Å². The van der Waals surface area contributed by atoms with Gasteiger partial charge in [-0.3, -0.25) is 4.90 Å². The average molecular weight is 264 g/mol. The summed E-state index contributed by atoms with van der Waals surface area (Å²) in [5.74, 6) is 2.79. The number of halogens is 1. The van der Waals surface area contributed by atoms with Crippen LogP contribution in [0.5, 0.6) is 0 Å². The van der Waals surface area contributed by atoms with Crippen LogP contribution in [0.4, 0.5) is 5.82 Å². The maximum absolute atomic E-state index is 5.89. The van der Waals surface area contributed by atoms with E-state index in [0.717, 1.165) is 28.7 Å². The molecule has 0 N–H and O–H groups in total. The monoisotopic (exact) mass is 263 g/mol. The van der Waals surface area contributed by atoms with Gasteiger partial charge in [-0.2, -0.15) is 0 Å². The normalized spacial score (nSPS) is 31.9. The Hall–Kier alpha value is -0.800. The smallest absolute Gasteiger partial charge is 0.128 e. The molecule has 18 heavy (non-hydrogen) atoms. The van der Waals surface area contributed by atoms with Crippen molar-refractivity contribution in [2.45, 2.75) is 18.9 Å². The lowest BCUT2D eigenvalue weighted by atomic mass is 10.0. The summed E-state index contributed by atoms with van der Waals surface area (Å²) in [6.07, 6.45) is 4.62. The molecule has 0 amide bonds. The topological polar surface area (TPSA) is 19.4 Å². The fourth-order valence-corrected chi connectivity index (χ4v) is 3.62. The number of fused-ring (bicyclic) bond motifs is 1. The van der Waals surface area contributed by atoms with Crippen molar-refractivity contribution in [2.75, 3.05) is 31.1 Å². The van der Waals surface area contributed by atoms with Gasteiger partial charge in [0.25, 0.3) is 0 Å². The van der Waals surface area contributed by atoms with Gasteiger partial charge in [0.15, 0.2) is 0 Å². The third kappa shape index (κ3) is 1.90. The Balaban J connectivity index is 1.44. The van der Waals surface area contributed by atoms with Crippen molar-refractivity contribution in [3.63, 3.8) is 0 Å². The van der Waals surface area contributed by atoms with E-state index >= 15 is 0 Å². The van der Waals surface area contributed by atoms with Gasteiger partial charge in [-0.15, -0.1) is 0 Å². The molecule has 3 heterocycles. The Morgan fingerprint density at radius 3 is 2.33 bits per heavy atom. The van der Waals surface area contributed by atoms with Gasteiger partial charge in [0.2, 0.25) is 0 Å². The quantitative estimate of drug-likeness (QED) is 0.816. The van der Waals surface area contributed by atoms with E-state index in [1.54, 1.807) is 6.20 Å². The molecular formula is C14H18ClN3. The van der Waals surface area contributed by atoms with Crippen LogP contribution in [0.2, 0.25) is 5.02 Å². The third-order valence-corrected chi connectivity index (χ3v) is 4.84. The number of aromatic nitrogens is 1. The Bertz CT molecular complexity index is 429. The van der Waals surface area contributed by atoms with Crippen molar-refractivity contribution in [2.24, 2.45) is 11.8 Å². The molecule has 1 aliphatic carbocycles. The van der Waals surface area contributed by atoms with Crippen LogP contribution in [-0.2, 0) is 0 Å². The first-order chi connectivity index (χ1) is 8.79. The Morgan fingerprint density at radius 2 is 1.78 bits per heavy atom. The number of likely N-dealkylation sites (tertiary alicyclic amines) is 1. The van der Waals surface area contributed by atoms with E-state index in [4.69, 9.17) is 11.6 Å². The molecule has 3 aliphatic rings. The van der Waals surface area contributed by atoms with Crippen LogP contribution >= 0.6 is 11.6 Å². The van der Waals surface area contributed by atoms with Gasteiger partial charge >= 0.3 is 0 Å². The molecule has 3 nitrogen and oxygen atoms in total. The number of anilines is 1. The van der Waals surface area contributed by atoms with Crippen molar-refractivity contribution >= 4 is 17.4 Å². The zero-order chi connectivity index (χ0) is 12.1. The lowest BCUT2D eigenvalue weighted by molar-refractivity contribution is 0.306. The minimum absolute atomic E-state index is 0.720. The second kappa shape index (κ2) is 4.10. The van der Waals surface area contributed by atoms with Crippen molar-refractivity contribution in [1.29, 1.82) is 0 Å². The highest BCUT2D eigenvalue weighted by Crippen LogP contribution is 2.38. The summed E-state index contributed by atoms with van der Waals surface area (Å²) in [5, 5.41) is 0.720. The fourth-order valence-electron chi connectivity index (χ4n) is 3.51. The number of hydrogen-bond donors (Lipinski definition) is 0. The minimum Gasteiger partial charge on any atom is -0.356 e. The van der Waals surface area contributed by atoms with Crippen molar-refractivity contribution < 1.29 is 0 Å². The molecule has 4 rings (SSSR count). The summed E-state index contributed by atoms with van der Waals surface area (Å²) in [6, 6.07) is 4.91. The minimum atomic E-state index is 0.720. The summed E-state index contributed by atoms with van der Waals surface area (Å²) >= 11 is 5.89. The molecular weight excluding hydrogens is 246 g/mol. The lowest BCUT2D eigenvalue weighted by Crippen LogP contribution is -2.30. The van der Waals surface area contributed by atoms with Crippen LogP contribution in [-0.4, -0.2) is 42.1 Å². The summed E-state index contributed by atoms with van der Waals surface area (Å²) in [6.45, 7) is 4.95. The molecule has 96 valence electrons. The molecule has 2 saturated heterocycles. The fraction of sp³-hybridized carbons (Fsp3) is 0.643. The van der Waals surface area contributed by atoms with E-state index < -0.39 is 0 Å². The zero-order valence-corrected chi connectivity index (χ0v) is 11.2. The van der Waals surface area contributed by atoms with Gasteiger partial charge in [0.1, 0.15) is 5.82 Å². The van der Waals surface area contributed by atoms with E-state index in [1.165, 1.54) is 39.0 Å².